The zero-order valence-electron chi connectivity index (χ0n) is 19.6. The molecule has 216 valence electrons. The average molecular weight is 546 g/mol. The molecular formula is C20H34O17. The largest absolute Gasteiger partial charge is 0.481 e. The number of hydrogen-bond donors (Lipinski definition) is 10. The standard InChI is InChI=1S/C20H34O17/c1-32-18-14(30)11(27)16(6(3-21)34-18)37-20-15(31)12(28)17(7(4-22)35-20)36-19-13(29)10(26)9(25)5(33-19)2-8(23)24/h5-7,9-22,25-31H,2-4H2,1H3,(H,23,24)/t5?,6?,7?,9-,10+,11-,12-,13?,14?,15?,16-,17-,18?,19+,20+/m1/s1. The number of carboxylic acid groups (broad SMARTS) is 1. The fourth-order valence-corrected chi connectivity index (χ4v) is 4.43. The molecule has 7 unspecified atom stereocenters. The van der Waals surface area contributed by atoms with E-state index < -0.39 is 118 Å². The second-order valence-corrected chi connectivity index (χ2v) is 8.96. The van der Waals surface area contributed by atoms with Gasteiger partial charge in [-0.3, -0.25) is 4.79 Å². The van der Waals surface area contributed by atoms with Crippen LogP contribution in [-0.2, 0) is 33.2 Å². The summed E-state index contributed by atoms with van der Waals surface area (Å²) in [7, 11) is 1.20. The quantitative estimate of drug-likeness (QED) is 0.129. The number of ether oxygens (including phenoxy) is 6. The van der Waals surface area contributed by atoms with Gasteiger partial charge in [0.15, 0.2) is 18.9 Å². The van der Waals surface area contributed by atoms with E-state index in [2.05, 4.69) is 0 Å². The maximum Gasteiger partial charge on any atom is 0.306 e. The van der Waals surface area contributed by atoms with E-state index in [-0.39, 0.29) is 0 Å². The molecule has 3 aliphatic rings. The van der Waals surface area contributed by atoms with Crippen LogP contribution in [0.2, 0.25) is 0 Å². The maximum absolute atomic E-state index is 11.0. The Labute approximate surface area is 209 Å². The summed E-state index contributed by atoms with van der Waals surface area (Å²) in [6.07, 6.45) is -25.6. The number of hydrogen-bond acceptors (Lipinski definition) is 16. The third-order valence-electron chi connectivity index (χ3n) is 6.50. The highest BCUT2D eigenvalue weighted by Crippen LogP contribution is 2.32. The van der Waals surface area contributed by atoms with Crippen molar-refractivity contribution in [3.05, 3.63) is 0 Å². The topological polar surface area (TPSA) is 275 Å². The van der Waals surface area contributed by atoms with E-state index in [9.17, 15) is 50.8 Å². The van der Waals surface area contributed by atoms with E-state index in [0.29, 0.717) is 0 Å². The van der Waals surface area contributed by atoms with Crippen LogP contribution in [0.3, 0.4) is 0 Å². The number of methoxy groups -OCH3 is 1. The first kappa shape index (κ1) is 30.4. The van der Waals surface area contributed by atoms with Crippen LogP contribution < -0.4 is 0 Å². The Morgan fingerprint density at radius 2 is 1.03 bits per heavy atom. The molecule has 10 N–H and O–H groups in total. The second-order valence-electron chi connectivity index (χ2n) is 8.96. The van der Waals surface area contributed by atoms with E-state index >= 15 is 0 Å². The number of aliphatic hydroxyl groups excluding tert-OH is 9. The van der Waals surface area contributed by atoms with Crippen LogP contribution in [0.15, 0.2) is 0 Å². The number of aliphatic carboxylic acids is 1. The third kappa shape index (κ3) is 6.38. The Hall–Kier alpha value is -1.13. The van der Waals surface area contributed by atoms with Crippen LogP contribution in [0.25, 0.3) is 0 Å². The van der Waals surface area contributed by atoms with Crippen LogP contribution in [-0.4, -0.2) is 169 Å². The van der Waals surface area contributed by atoms with Crippen molar-refractivity contribution in [2.45, 2.75) is 98.5 Å². The van der Waals surface area contributed by atoms with Gasteiger partial charge in [-0.25, -0.2) is 0 Å². The molecule has 17 nitrogen and oxygen atoms in total. The van der Waals surface area contributed by atoms with Gasteiger partial charge in [0.1, 0.15) is 67.1 Å². The fourth-order valence-electron chi connectivity index (χ4n) is 4.43. The van der Waals surface area contributed by atoms with E-state index in [0.717, 1.165) is 0 Å². The normalized spacial score (nSPS) is 49.1. The minimum absolute atomic E-state index is 0.697. The van der Waals surface area contributed by atoms with Gasteiger partial charge < -0.3 is 79.5 Å². The Balaban J connectivity index is 1.72. The third-order valence-corrected chi connectivity index (χ3v) is 6.50. The smallest absolute Gasteiger partial charge is 0.306 e. The first-order chi connectivity index (χ1) is 17.4. The SMILES string of the molecule is COC1OC(CO)[C@@H](O[C@@H]2OC(CO)[C@@H](O[C@@H]3OC(CC(=O)O)[C@@H](O)[C@H](O)C3O)[C@H](O)C2O)[C@H](O)C1O. The molecule has 0 amide bonds. The summed E-state index contributed by atoms with van der Waals surface area (Å²) in [6.45, 7) is -1.54. The summed E-state index contributed by atoms with van der Waals surface area (Å²) in [5, 5.41) is 101. The van der Waals surface area contributed by atoms with Gasteiger partial charge in [0.25, 0.3) is 0 Å². The first-order valence-corrected chi connectivity index (χ1v) is 11.4. The zero-order chi connectivity index (χ0) is 27.6. The van der Waals surface area contributed by atoms with Crippen molar-refractivity contribution in [3.63, 3.8) is 0 Å². The van der Waals surface area contributed by atoms with Gasteiger partial charge in [0.2, 0.25) is 0 Å². The molecule has 37 heavy (non-hydrogen) atoms. The molecule has 0 radical (unpaired) electrons. The second kappa shape index (κ2) is 12.8. The van der Waals surface area contributed by atoms with Crippen molar-refractivity contribution in [3.8, 4) is 0 Å². The fraction of sp³-hybridized carbons (Fsp3) is 0.950. The molecule has 0 aromatic rings. The van der Waals surface area contributed by atoms with Crippen LogP contribution in [0.4, 0.5) is 0 Å². The first-order valence-electron chi connectivity index (χ1n) is 11.4. The average Bonchev–Trinajstić information content (AvgIpc) is 2.87. The van der Waals surface area contributed by atoms with Crippen LogP contribution in [0.5, 0.6) is 0 Å². The van der Waals surface area contributed by atoms with Gasteiger partial charge in [-0.05, 0) is 0 Å². The van der Waals surface area contributed by atoms with Gasteiger partial charge >= 0.3 is 5.97 Å². The summed E-state index contributed by atoms with van der Waals surface area (Å²) in [5.74, 6) is -1.38. The van der Waals surface area contributed by atoms with E-state index in [1.165, 1.54) is 7.11 Å². The lowest BCUT2D eigenvalue weighted by atomic mass is 9.95. The van der Waals surface area contributed by atoms with Crippen molar-refractivity contribution < 1.29 is 84.3 Å². The summed E-state index contributed by atoms with van der Waals surface area (Å²) in [4.78, 5) is 11.0. The maximum atomic E-state index is 11.0. The Bertz CT molecular complexity index is 738. The molecule has 0 bridgehead atoms. The van der Waals surface area contributed by atoms with Crippen molar-refractivity contribution in [1.29, 1.82) is 0 Å². The molecule has 0 aliphatic carbocycles. The highest BCUT2D eigenvalue weighted by molar-refractivity contribution is 5.67. The lowest BCUT2D eigenvalue weighted by molar-refractivity contribution is -0.377. The summed E-state index contributed by atoms with van der Waals surface area (Å²) in [6, 6.07) is 0. The number of carboxylic acids is 1. The summed E-state index contributed by atoms with van der Waals surface area (Å²) in [5.41, 5.74) is 0. The minimum Gasteiger partial charge on any atom is -0.481 e. The molecule has 3 rings (SSSR count). The highest BCUT2D eigenvalue weighted by atomic mass is 16.8. The van der Waals surface area contributed by atoms with Crippen molar-refractivity contribution >= 4 is 5.97 Å². The Kier molecular flexibility index (Phi) is 10.5. The number of rotatable bonds is 9. The lowest BCUT2D eigenvalue weighted by Gasteiger charge is -2.48. The monoisotopic (exact) mass is 546 g/mol. The Morgan fingerprint density at radius 3 is 1.46 bits per heavy atom. The van der Waals surface area contributed by atoms with Crippen LogP contribution in [0, 0.1) is 0 Å². The van der Waals surface area contributed by atoms with Crippen LogP contribution in [0.1, 0.15) is 6.42 Å². The number of aliphatic hydroxyl groups is 9. The van der Waals surface area contributed by atoms with E-state index in [1.807, 2.05) is 0 Å². The van der Waals surface area contributed by atoms with E-state index in [1.54, 1.807) is 0 Å². The van der Waals surface area contributed by atoms with Crippen molar-refractivity contribution in [1.82, 2.24) is 0 Å². The molecular weight excluding hydrogens is 512 g/mol. The van der Waals surface area contributed by atoms with E-state index in [4.69, 9.17) is 33.5 Å². The molecule has 3 saturated heterocycles. The molecule has 0 aromatic carbocycles. The summed E-state index contributed by atoms with van der Waals surface area (Å²) >= 11 is 0. The van der Waals surface area contributed by atoms with Gasteiger partial charge in [-0.2, -0.15) is 0 Å². The number of carbonyl (C=O) groups is 1. The molecule has 0 saturated carbocycles. The predicted molar refractivity (Wildman–Crippen MR) is 111 cm³/mol. The molecule has 17 heteroatoms. The van der Waals surface area contributed by atoms with Crippen molar-refractivity contribution in [2.75, 3.05) is 20.3 Å². The Morgan fingerprint density at radius 1 is 0.622 bits per heavy atom. The molecule has 3 heterocycles. The van der Waals surface area contributed by atoms with Gasteiger partial charge in [-0.15, -0.1) is 0 Å². The highest BCUT2D eigenvalue weighted by Gasteiger charge is 2.53. The summed E-state index contributed by atoms with van der Waals surface area (Å²) < 4.78 is 31.9. The lowest BCUT2D eigenvalue weighted by Crippen LogP contribution is -2.66. The van der Waals surface area contributed by atoms with Gasteiger partial charge in [0, 0.05) is 7.11 Å². The van der Waals surface area contributed by atoms with Crippen molar-refractivity contribution in [2.24, 2.45) is 0 Å². The molecule has 3 fully saturated rings. The predicted octanol–water partition coefficient (Wildman–Crippen LogP) is -6.44. The molecule has 0 aromatic heterocycles. The van der Waals surface area contributed by atoms with Crippen LogP contribution >= 0.6 is 0 Å². The minimum atomic E-state index is -1.93. The molecule has 0 spiro atoms. The zero-order valence-corrected chi connectivity index (χ0v) is 19.6. The van der Waals surface area contributed by atoms with Gasteiger partial charge in [-0.1, -0.05) is 0 Å². The molecule has 3 aliphatic heterocycles. The van der Waals surface area contributed by atoms with Gasteiger partial charge in [0.05, 0.1) is 25.7 Å². The molecule has 15 atom stereocenters.